The molecule has 1 heterocycles. The molecule has 0 aromatic carbocycles. The van der Waals surface area contributed by atoms with Gasteiger partial charge in [0.2, 0.25) is 0 Å². The third-order valence-electron chi connectivity index (χ3n) is 1.95. The van der Waals surface area contributed by atoms with Crippen LogP contribution in [0, 0.1) is 11.3 Å². The third kappa shape index (κ3) is 5.53. The minimum Gasteiger partial charge on any atom is -0.347 e. The Balaban J connectivity index is 2.75. The summed E-state index contributed by atoms with van der Waals surface area (Å²) in [6.07, 6.45) is 2.97. The Morgan fingerprint density at radius 2 is 2.16 bits per heavy atom. The zero-order chi connectivity index (χ0) is 14.5. The van der Waals surface area contributed by atoms with Crippen LogP contribution in [-0.4, -0.2) is 16.4 Å². The smallest absolute Gasteiger partial charge is 0.263 e. The fourth-order valence-electron chi connectivity index (χ4n) is 1.16. The van der Waals surface area contributed by atoms with Crippen molar-refractivity contribution < 1.29 is 4.79 Å². The van der Waals surface area contributed by atoms with Crippen LogP contribution < -0.4 is 10.6 Å². The number of pyridine rings is 1. The van der Waals surface area contributed by atoms with Crippen LogP contribution in [0.3, 0.4) is 0 Å². The number of nitrogens with one attached hydrogen (secondary N) is 2. The molecule has 19 heavy (non-hydrogen) atoms. The summed E-state index contributed by atoms with van der Waals surface area (Å²) in [5.41, 5.74) is -0.386. The number of nitriles is 1. The number of amides is 1. The third-order valence-corrected chi connectivity index (χ3v) is 2.41. The molecule has 2 N–H and O–H groups in total. The molecule has 0 fully saturated rings. The van der Waals surface area contributed by atoms with Crippen molar-refractivity contribution in [1.29, 1.82) is 5.26 Å². The van der Waals surface area contributed by atoms with Crippen molar-refractivity contribution in [2.45, 2.75) is 26.3 Å². The minimum absolute atomic E-state index is 0.000330. The van der Waals surface area contributed by atoms with Gasteiger partial charge in [0.15, 0.2) is 0 Å². The Kier molecular flexibility index (Phi) is 5.07. The van der Waals surface area contributed by atoms with Gasteiger partial charge in [-0.1, -0.05) is 0 Å². The molecule has 1 rings (SSSR count). The lowest BCUT2D eigenvalue weighted by molar-refractivity contribution is -0.118. The Hall–Kier alpha value is -1.87. The first-order chi connectivity index (χ1) is 8.81. The van der Waals surface area contributed by atoms with E-state index in [-0.39, 0.29) is 11.1 Å². The van der Waals surface area contributed by atoms with E-state index in [1.165, 1.54) is 6.20 Å². The molecule has 0 saturated carbocycles. The van der Waals surface area contributed by atoms with Crippen LogP contribution in [0.4, 0.5) is 5.82 Å². The summed E-state index contributed by atoms with van der Waals surface area (Å²) in [4.78, 5) is 15.9. The van der Waals surface area contributed by atoms with Gasteiger partial charge in [0.05, 0.1) is 0 Å². The maximum atomic E-state index is 11.8. The van der Waals surface area contributed by atoms with Crippen molar-refractivity contribution in [3.8, 4) is 6.07 Å². The maximum Gasteiger partial charge on any atom is 0.263 e. The molecule has 6 heteroatoms. The number of aromatic nitrogens is 1. The van der Waals surface area contributed by atoms with E-state index in [0.29, 0.717) is 5.82 Å². The van der Waals surface area contributed by atoms with E-state index in [1.54, 1.807) is 12.3 Å². The summed E-state index contributed by atoms with van der Waals surface area (Å²) >= 11 is 3.27. The van der Waals surface area contributed by atoms with E-state index in [9.17, 15) is 4.79 Å². The second-order valence-electron chi connectivity index (χ2n) is 4.88. The largest absolute Gasteiger partial charge is 0.347 e. The average molecular weight is 323 g/mol. The number of rotatable bonds is 3. The quantitative estimate of drug-likeness (QED) is 0.662. The van der Waals surface area contributed by atoms with Crippen LogP contribution in [0.25, 0.3) is 0 Å². The molecule has 0 aliphatic heterocycles. The lowest BCUT2D eigenvalue weighted by Gasteiger charge is -2.19. The number of anilines is 1. The van der Waals surface area contributed by atoms with Crippen LogP contribution >= 0.6 is 15.9 Å². The summed E-state index contributed by atoms with van der Waals surface area (Å²) in [5, 5.41) is 14.5. The SMILES string of the molecule is CC(C)(C)NC(=O)/C(C#N)=C\Nc1ccc(Br)cn1. The number of carbonyl (C=O) groups excluding carboxylic acids is 1. The first-order valence-corrected chi connectivity index (χ1v) is 6.42. The van der Waals surface area contributed by atoms with E-state index < -0.39 is 5.91 Å². The highest BCUT2D eigenvalue weighted by Gasteiger charge is 2.17. The predicted molar refractivity (Wildman–Crippen MR) is 77.2 cm³/mol. The molecule has 100 valence electrons. The van der Waals surface area contributed by atoms with Gasteiger partial charge in [-0.05, 0) is 48.8 Å². The molecule has 0 spiro atoms. The van der Waals surface area contributed by atoms with Crippen LogP contribution in [-0.2, 0) is 4.79 Å². The van der Waals surface area contributed by atoms with Gasteiger partial charge in [0.1, 0.15) is 17.5 Å². The monoisotopic (exact) mass is 322 g/mol. The van der Waals surface area contributed by atoms with Gasteiger partial charge in [-0.15, -0.1) is 0 Å². The Morgan fingerprint density at radius 3 is 2.63 bits per heavy atom. The van der Waals surface area contributed by atoms with E-state index in [4.69, 9.17) is 5.26 Å². The highest BCUT2D eigenvalue weighted by atomic mass is 79.9. The van der Waals surface area contributed by atoms with Gasteiger partial charge in [-0.2, -0.15) is 5.26 Å². The second-order valence-corrected chi connectivity index (χ2v) is 5.80. The normalized spacial score (nSPS) is 11.6. The zero-order valence-electron chi connectivity index (χ0n) is 11.0. The standard InChI is InChI=1S/C13H15BrN4O/c1-13(2,3)18-12(19)9(6-15)7-16-11-5-4-10(14)8-17-11/h4-5,7-8H,1-3H3,(H,16,17)(H,18,19)/b9-7-. The van der Waals surface area contributed by atoms with Gasteiger partial charge in [0, 0.05) is 22.4 Å². The van der Waals surface area contributed by atoms with Crippen LogP contribution in [0.5, 0.6) is 0 Å². The van der Waals surface area contributed by atoms with E-state index in [0.717, 1.165) is 4.47 Å². The molecule has 1 amide bonds. The lowest BCUT2D eigenvalue weighted by Crippen LogP contribution is -2.41. The summed E-state index contributed by atoms with van der Waals surface area (Å²) in [6.45, 7) is 5.55. The molecule has 0 unspecified atom stereocenters. The summed E-state index contributed by atoms with van der Waals surface area (Å²) in [6, 6.07) is 5.40. The number of carbonyl (C=O) groups is 1. The number of nitrogens with zero attached hydrogens (tertiary/aromatic N) is 2. The van der Waals surface area contributed by atoms with Crippen molar-refractivity contribution in [1.82, 2.24) is 10.3 Å². The Labute approximate surface area is 120 Å². The van der Waals surface area contributed by atoms with Crippen LogP contribution in [0.1, 0.15) is 20.8 Å². The fraction of sp³-hybridized carbons (Fsp3) is 0.308. The molecular weight excluding hydrogens is 308 g/mol. The van der Waals surface area contributed by atoms with Crippen molar-refractivity contribution in [3.05, 3.63) is 34.6 Å². The van der Waals surface area contributed by atoms with Gasteiger partial charge < -0.3 is 10.6 Å². The second kappa shape index (κ2) is 6.34. The van der Waals surface area contributed by atoms with Crippen molar-refractivity contribution in [2.24, 2.45) is 0 Å². The molecule has 0 saturated heterocycles. The first kappa shape index (κ1) is 15.2. The predicted octanol–water partition coefficient (Wildman–Crippen LogP) is 2.58. The first-order valence-electron chi connectivity index (χ1n) is 5.63. The highest BCUT2D eigenvalue weighted by molar-refractivity contribution is 9.10. The summed E-state index contributed by atoms with van der Waals surface area (Å²) in [7, 11) is 0. The van der Waals surface area contributed by atoms with Gasteiger partial charge >= 0.3 is 0 Å². The molecule has 0 radical (unpaired) electrons. The maximum absolute atomic E-state index is 11.8. The van der Waals surface area contributed by atoms with Gasteiger partial charge in [0.25, 0.3) is 5.91 Å². The molecule has 0 aliphatic carbocycles. The van der Waals surface area contributed by atoms with Crippen molar-refractivity contribution in [2.75, 3.05) is 5.32 Å². The van der Waals surface area contributed by atoms with E-state index in [2.05, 4.69) is 31.5 Å². The molecule has 0 bridgehead atoms. The average Bonchev–Trinajstić information content (AvgIpc) is 2.30. The van der Waals surface area contributed by atoms with Crippen LogP contribution in [0.2, 0.25) is 0 Å². The molecule has 1 aromatic rings. The fourth-order valence-corrected chi connectivity index (χ4v) is 1.40. The van der Waals surface area contributed by atoms with Crippen molar-refractivity contribution >= 4 is 27.7 Å². The molecular formula is C13H15BrN4O. The zero-order valence-corrected chi connectivity index (χ0v) is 12.6. The number of hydrogen-bond donors (Lipinski definition) is 2. The Morgan fingerprint density at radius 1 is 1.47 bits per heavy atom. The highest BCUT2D eigenvalue weighted by Crippen LogP contribution is 2.11. The van der Waals surface area contributed by atoms with Crippen LogP contribution in [0.15, 0.2) is 34.6 Å². The van der Waals surface area contributed by atoms with Gasteiger partial charge in [-0.3, -0.25) is 4.79 Å². The molecule has 0 aliphatic rings. The summed E-state index contributed by atoms with van der Waals surface area (Å²) < 4.78 is 0.855. The van der Waals surface area contributed by atoms with Gasteiger partial charge in [-0.25, -0.2) is 4.98 Å². The molecule has 5 nitrogen and oxygen atoms in total. The lowest BCUT2D eigenvalue weighted by atomic mass is 10.1. The summed E-state index contributed by atoms with van der Waals surface area (Å²) in [5.74, 6) is 0.138. The van der Waals surface area contributed by atoms with E-state index >= 15 is 0 Å². The van der Waals surface area contributed by atoms with Crippen molar-refractivity contribution in [3.63, 3.8) is 0 Å². The Bertz CT molecular complexity index is 523. The number of halogens is 1. The minimum atomic E-state index is -0.417. The molecule has 1 aromatic heterocycles. The topological polar surface area (TPSA) is 77.8 Å². The molecule has 0 atom stereocenters. The van der Waals surface area contributed by atoms with E-state index in [1.807, 2.05) is 32.9 Å². The number of hydrogen-bond acceptors (Lipinski definition) is 4.